The Morgan fingerprint density at radius 3 is 2.31 bits per heavy atom. The van der Waals surface area contributed by atoms with E-state index in [1.807, 2.05) is 37.3 Å². The monoisotopic (exact) mass is 397 g/mol. The summed E-state index contributed by atoms with van der Waals surface area (Å²) in [6.07, 6.45) is 3.74. The normalized spacial score (nSPS) is 10.3. The lowest BCUT2D eigenvalue weighted by Gasteiger charge is -2.14. The average molecular weight is 398 g/mol. The van der Waals surface area contributed by atoms with Crippen molar-refractivity contribution < 1.29 is 9.47 Å². The smallest absolute Gasteiger partial charge is 0.161 e. The van der Waals surface area contributed by atoms with E-state index >= 15 is 0 Å². The van der Waals surface area contributed by atoms with Crippen molar-refractivity contribution in [3.63, 3.8) is 0 Å². The molecule has 0 aliphatic carbocycles. The summed E-state index contributed by atoms with van der Waals surface area (Å²) < 4.78 is 11.7. The van der Waals surface area contributed by atoms with Crippen molar-refractivity contribution in [3.8, 4) is 11.5 Å². The molecule has 0 atom stereocenters. The maximum absolute atomic E-state index is 5.94. The second kappa shape index (κ2) is 12.9. The summed E-state index contributed by atoms with van der Waals surface area (Å²) >= 11 is 5.92. The van der Waals surface area contributed by atoms with Crippen LogP contribution in [0.3, 0.4) is 0 Å². The lowest BCUT2D eigenvalue weighted by Crippen LogP contribution is -2.14. The summed E-state index contributed by atoms with van der Waals surface area (Å²) in [6, 6.07) is 13.8. The molecular weight excluding hydrogens is 369 g/mol. The van der Waals surface area contributed by atoms with Gasteiger partial charge in [0, 0.05) is 11.6 Å². The summed E-state index contributed by atoms with van der Waals surface area (Å²) in [5.41, 5.74) is 2.28. The van der Waals surface area contributed by atoms with Crippen molar-refractivity contribution >= 4 is 24.0 Å². The summed E-state index contributed by atoms with van der Waals surface area (Å²) in [6.45, 7) is 7.21. The molecular formula is C21H29Cl2NO2. The molecule has 0 amide bonds. The molecule has 0 unspecified atom stereocenters. The van der Waals surface area contributed by atoms with Crippen LogP contribution in [-0.2, 0) is 13.2 Å². The molecule has 26 heavy (non-hydrogen) atoms. The van der Waals surface area contributed by atoms with E-state index in [-0.39, 0.29) is 12.4 Å². The second-order valence-electron chi connectivity index (χ2n) is 6.01. The first-order valence-electron chi connectivity index (χ1n) is 9.06. The van der Waals surface area contributed by atoms with Gasteiger partial charge in [0.25, 0.3) is 0 Å². The van der Waals surface area contributed by atoms with Gasteiger partial charge in [-0.15, -0.1) is 12.4 Å². The molecule has 0 fully saturated rings. The van der Waals surface area contributed by atoms with E-state index < -0.39 is 0 Å². The first-order chi connectivity index (χ1) is 12.2. The fourth-order valence-electron chi connectivity index (χ4n) is 2.52. The van der Waals surface area contributed by atoms with Crippen LogP contribution in [0.1, 0.15) is 44.2 Å². The predicted octanol–water partition coefficient (Wildman–Crippen LogP) is 6.02. The van der Waals surface area contributed by atoms with Gasteiger partial charge in [0.15, 0.2) is 11.5 Å². The minimum Gasteiger partial charge on any atom is -0.490 e. The zero-order chi connectivity index (χ0) is 17.9. The van der Waals surface area contributed by atoms with Gasteiger partial charge in [-0.05, 0) is 55.3 Å². The Kier molecular flexibility index (Phi) is 11.2. The molecule has 144 valence electrons. The lowest BCUT2D eigenvalue weighted by atomic mass is 10.2. The molecule has 0 saturated heterocycles. The zero-order valence-corrected chi connectivity index (χ0v) is 17.2. The van der Waals surface area contributed by atoms with Crippen molar-refractivity contribution in [2.24, 2.45) is 0 Å². The molecule has 0 heterocycles. The Morgan fingerprint density at radius 1 is 0.885 bits per heavy atom. The van der Waals surface area contributed by atoms with Crippen molar-refractivity contribution in [1.29, 1.82) is 0 Å². The Hall–Kier alpha value is -1.42. The third-order valence-electron chi connectivity index (χ3n) is 3.90. The third-order valence-corrected chi connectivity index (χ3v) is 4.15. The van der Waals surface area contributed by atoms with Gasteiger partial charge >= 0.3 is 0 Å². The number of nitrogens with one attached hydrogen (secondary N) is 1. The first-order valence-corrected chi connectivity index (χ1v) is 9.44. The number of halogens is 2. The fourth-order valence-corrected chi connectivity index (χ4v) is 2.65. The number of unbranched alkanes of at least 4 members (excludes halogenated alkanes) is 2. The summed E-state index contributed by atoms with van der Waals surface area (Å²) in [7, 11) is 0. The number of hydrogen-bond acceptors (Lipinski definition) is 3. The third kappa shape index (κ3) is 7.86. The van der Waals surface area contributed by atoms with Crippen molar-refractivity contribution in [1.82, 2.24) is 5.32 Å². The van der Waals surface area contributed by atoms with E-state index in [1.165, 1.54) is 24.8 Å². The Bertz CT molecular complexity index is 632. The number of benzene rings is 2. The highest BCUT2D eigenvalue weighted by atomic mass is 35.5. The maximum Gasteiger partial charge on any atom is 0.161 e. The van der Waals surface area contributed by atoms with E-state index in [0.29, 0.717) is 13.2 Å². The van der Waals surface area contributed by atoms with Crippen LogP contribution in [0.15, 0.2) is 42.5 Å². The molecule has 0 bridgehead atoms. The van der Waals surface area contributed by atoms with Crippen molar-refractivity contribution in [2.75, 3.05) is 13.2 Å². The summed E-state index contributed by atoms with van der Waals surface area (Å²) in [4.78, 5) is 0. The van der Waals surface area contributed by atoms with Gasteiger partial charge in [-0.3, -0.25) is 0 Å². The second-order valence-corrected chi connectivity index (χ2v) is 6.45. The highest BCUT2D eigenvalue weighted by Gasteiger charge is 2.07. The van der Waals surface area contributed by atoms with Gasteiger partial charge in [-0.1, -0.05) is 49.6 Å². The lowest BCUT2D eigenvalue weighted by molar-refractivity contribution is 0.269. The Morgan fingerprint density at radius 2 is 1.62 bits per heavy atom. The Balaban J connectivity index is 0.00000338. The predicted molar refractivity (Wildman–Crippen MR) is 112 cm³/mol. The van der Waals surface area contributed by atoms with Crippen LogP contribution < -0.4 is 14.8 Å². The first kappa shape index (κ1) is 22.6. The van der Waals surface area contributed by atoms with Gasteiger partial charge < -0.3 is 14.8 Å². The SMILES string of the molecule is CCCCCNCc1ccc(OCc2ccc(Cl)cc2)c(OCC)c1.Cl. The molecule has 0 saturated carbocycles. The largest absolute Gasteiger partial charge is 0.490 e. The van der Waals surface area contributed by atoms with E-state index in [2.05, 4.69) is 24.4 Å². The van der Waals surface area contributed by atoms with Gasteiger partial charge in [0.2, 0.25) is 0 Å². The molecule has 0 aliphatic heterocycles. The summed E-state index contributed by atoms with van der Waals surface area (Å²) in [5.74, 6) is 1.57. The molecule has 0 aromatic heterocycles. The minimum absolute atomic E-state index is 0. The highest BCUT2D eigenvalue weighted by molar-refractivity contribution is 6.30. The van der Waals surface area contributed by atoms with Crippen LogP contribution in [0.25, 0.3) is 0 Å². The standard InChI is InChI=1S/C21H28ClNO2.ClH/c1-3-5-6-13-23-15-18-9-12-20(21(14-18)24-4-2)25-16-17-7-10-19(22)11-8-17;/h7-12,14,23H,3-6,13,15-16H2,1-2H3;1H. The van der Waals surface area contributed by atoms with Gasteiger partial charge in [0.1, 0.15) is 6.61 Å². The molecule has 0 spiro atoms. The van der Waals surface area contributed by atoms with Crippen LogP contribution in [0, 0.1) is 0 Å². The fraction of sp³-hybridized carbons (Fsp3) is 0.429. The van der Waals surface area contributed by atoms with E-state index in [0.717, 1.165) is 35.2 Å². The van der Waals surface area contributed by atoms with Crippen LogP contribution in [-0.4, -0.2) is 13.2 Å². The van der Waals surface area contributed by atoms with E-state index in [4.69, 9.17) is 21.1 Å². The molecule has 0 radical (unpaired) electrons. The maximum atomic E-state index is 5.94. The van der Waals surface area contributed by atoms with E-state index in [9.17, 15) is 0 Å². The van der Waals surface area contributed by atoms with E-state index in [1.54, 1.807) is 0 Å². The molecule has 2 aromatic rings. The van der Waals surface area contributed by atoms with Crippen molar-refractivity contribution in [2.45, 2.75) is 46.3 Å². The van der Waals surface area contributed by atoms with Crippen LogP contribution in [0.5, 0.6) is 11.5 Å². The minimum atomic E-state index is 0. The topological polar surface area (TPSA) is 30.5 Å². The van der Waals surface area contributed by atoms with Crippen LogP contribution >= 0.6 is 24.0 Å². The number of rotatable bonds is 11. The highest BCUT2D eigenvalue weighted by Crippen LogP contribution is 2.29. The molecule has 1 N–H and O–H groups in total. The molecule has 0 aliphatic rings. The summed E-state index contributed by atoms with van der Waals surface area (Å²) in [5, 5.41) is 4.21. The van der Waals surface area contributed by atoms with Gasteiger partial charge in [-0.25, -0.2) is 0 Å². The van der Waals surface area contributed by atoms with Gasteiger partial charge in [0.05, 0.1) is 6.61 Å². The molecule has 2 aromatic carbocycles. The average Bonchev–Trinajstić information content (AvgIpc) is 2.62. The molecule has 5 heteroatoms. The number of hydrogen-bond donors (Lipinski definition) is 1. The molecule has 3 nitrogen and oxygen atoms in total. The number of ether oxygens (including phenoxy) is 2. The van der Waals surface area contributed by atoms with Gasteiger partial charge in [-0.2, -0.15) is 0 Å². The quantitative estimate of drug-likeness (QED) is 0.470. The van der Waals surface area contributed by atoms with Crippen LogP contribution in [0.4, 0.5) is 0 Å². The van der Waals surface area contributed by atoms with Crippen molar-refractivity contribution in [3.05, 3.63) is 58.6 Å². The molecule has 2 rings (SSSR count). The Labute approximate surface area is 168 Å². The zero-order valence-electron chi connectivity index (χ0n) is 15.6. The van der Waals surface area contributed by atoms with Crippen LogP contribution in [0.2, 0.25) is 5.02 Å².